The van der Waals surface area contributed by atoms with Gasteiger partial charge in [-0.3, -0.25) is 4.84 Å². The fourth-order valence-electron chi connectivity index (χ4n) is 1.22. The van der Waals surface area contributed by atoms with Gasteiger partial charge in [-0.15, -0.1) is 0 Å². The van der Waals surface area contributed by atoms with Crippen LogP contribution in [0.25, 0.3) is 0 Å². The molecular formula is C10H24N2O. The minimum Gasteiger partial charge on any atom is -0.304 e. The van der Waals surface area contributed by atoms with Crippen molar-refractivity contribution in [3.05, 3.63) is 0 Å². The Kier molecular flexibility index (Phi) is 8.40. The zero-order valence-corrected chi connectivity index (χ0v) is 9.55. The van der Waals surface area contributed by atoms with Gasteiger partial charge in [0.1, 0.15) is 0 Å². The molecule has 0 N–H and O–H groups in total. The minimum absolute atomic E-state index is 0.842. The highest BCUT2D eigenvalue weighted by Gasteiger charge is 1.98. The average molecular weight is 188 g/mol. The number of hydrogen-bond donors (Lipinski definition) is 0. The van der Waals surface area contributed by atoms with Gasteiger partial charge in [-0.1, -0.05) is 13.8 Å². The molecule has 3 heteroatoms. The van der Waals surface area contributed by atoms with Crippen LogP contribution in [-0.4, -0.2) is 50.3 Å². The third-order valence-corrected chi connectivity index (χ3v) is 2.11. The van der Waals surface area contributed by atoms with Gasteiger partial charge in [0.2, 0.25) is 0 Å². The third kappa shape index (κ3) is 8.22. The summed E-state index contributed by atoms with van der Waals surface area (Å²) in [7, 11) is 3.84. The second kappa shape index (κ2) is 8.48. The van der Waals surface area contributed by atoms with Gasteiger partial charge < -0.3 is 4.90 Å². The molecule has 0 fully saturated rings. The Balaban J connectivity index is 3.14. The van der Waals surface area contributed by atoms with Crippen molar-refractivity contribution in [2.24, 2.45) is 0 Å². The highest BCUT2D eigenvalue weighted by Crippen LogP contribution is 1.95. The lowest BCUT2D eigenvalue weighted by Gasteiger charge is -2.17. The molecule has 0 aromatic heterocycles. The summed E-state index contributed by atoms with van der Waals surface area (Å²) < 4.78 is 0. The first-order valence-electron chi connectivity index (χ1n) is 5.23. The van der Waals surface area contributed by atoms with Crippen LogP contribution in [0.1, 0.15) is 26.7 Å². The summed E-state index contributed by atoms with van der Waals surface area (Å²) >= 11 is 0. The molecule has 0 aromatic rings. The molecule has 0 heterocycles. The van der Waals surface area contributed by atoms with Crippen molar-refractivity contribution >= 4 is 0 Å². The fourth-order valence-corrected chi connectivity index (χ4v) is 1.22. The monoisotopic (exact) mass is 188 g/mol. The standard InChI is InChI=1S/C10H24N2O/c1-5-12(6-2)9-7-8-10-13-11(3)4/h5-10H2,1-4H3. The van der Waals surface area contributed by atoms with Gasteiger partial charge in [0, 0.05) is 14.1 Å². The van der Waals surface area contributed by atoms with E-state index in [-0.39, 0.29) is 0 Å². The smallest absolute Gasteiger partial charge is 0.0685 e. The molecule has 0 saturated carbocycles. The van der Waals surface area contributed by atoms with E-state index in [0.29, 0.717) is 0 Å². The predicted octanol–water partition coefficient (Wildman–Crippen LogP) is 1.60. The number of unbranched alkanes of at least 4 members (excludes halogenated alkanes) is 1. The van der Waals surface area contributed by atoms with Crippen LogP contribution in [0.5, 0.6) is 0 Å². The van der Waals surface area contributed by atoms with Crippen LogP contribution in [0.4, 0.5) is 0 Å². The molecule has 0 radical (unpaired) electrons. The quantitative estimate of drug-likeness (QED) is 0.425. The molecule has 0 saturated heterocycles. The third-order valence-electron chi connectivity index (χ3n) is 2.11. The number of nitrogens with zero attached hydrogens (tertiary/aromatic N) is 2. The van der Waals surface area contributed by atoms with Crippen molar-refractivity contribution in [3.63, 3.8) is 0 Å². The Morgan fingerprint density at radius 2 is 1.62 bits per heavy atom. The van der Waals surface area contributed by atoms with Gasteiger partial charge >= 0.3 is 0 Å². The first-order valence-corrected chi connectivity index (χ1v) is 5.23. The molecule has 13 heavy (non-hydrogen) atoms. The predicted molar refractivity (Wildman–Crippen MR) is 56.7 cm³/mol. The lowest BCUT2D eigenvalue weighted by atomic mass is 10.3. The zero-order valence-electron chi connectivity index (χ0n) is 9.55. The number of rotatable bonds is 8. The summed E-state index contributed by atoms with van der Waals surface area (Å²) in [5.74, 6) is 0. The van der Waals surface area contributed by atoms with Gasteiger partial charge in [0.05, 0.1) is 6.61 Å². The highest BCUT2D eigenvalue weighted by molar-refractivity contribution is 4.51. The molecule has 0 aromatic carbocycles. The van der Waals surface area contributed by atoms with Crippen LogP contribution < -0.4 is 0 Å². The van der Waals surface area contributed by atoms with Crippen molar-refractivity contribution in [2.75, 3.05) is 40.3 Å². The van der Waals surface area contributed by atoms with Crippen molar-refractivity contribution in [2.45, 2.75) is 26.7 Å². The van der Waals surface area contributed by atoms with Crippen molar-refractivity contribution in [1.82, 2.24) is 9.96 Å². The Hall–Kier alpha value is -0.120. The summed E-state index contributed by atoms with van der Waals surface area (Å²) in [6.07, 6.45) is 2.38. The molecule has 0 rings (SSSR count). The molecule has 80 valence electrons. The van der Waals surface area contributed by atoms with Crippen LogP contribution in [0.2, 0.25) is 0 Å². The van der Waals surface area contributed by atoms with Gasteiger partial charge in [0.25, 0.3) is 0 Å². The van der Waals surface area contributed by atoms with Crippen LogP contribution in [-0.2, 0) is 4.84 Å². The number of hydroxylamine groups is 2. The number of hydrogen-bond acceptors (Lipinski definition) is 3. The van der Waals surface area contributed by atoms with E-state index >= 15 is 0 Å². The average Bonchev–Trinajstić information content (AvgIpc) is 2.11. The molecule has 0 bridgehead atoms. The Bertz CT molecular complexity index is 103. The Morgan fingerprint density at radius 3 is 2.08 bits per heavy atom. The van der Waals surface area contributed by atoms with E-state index < -0.39 is 0 Å². The molecular weight excluding hydrogens is 164 g/mol. The normalized spacial score (nSPS) is 11.5. The molecule has 0 aliphatic heterocycles. The molecule has 3 nitrogen and oxygen atoms in total. The first kappa shape index (κ1) is 12.9. The molecule has 0 aliphatic carbocycles. The van der Waals surface area contributed by atoms with E-state index in [1.165, 1.54) is 13.0 Å². The fraction of sp³-hybridized carbons (Fsp3) is 1.00. The summed E-state index contributed by atoms with van der Waals surface area (Å²) in [4.78, 5) is 7.75. The van der Waals surface area contributed by atoms with Crippen molar-refractivity contribution in [1.29, 1.82) is 0 Å². The SMILES string of the molecule is CCN(CC)CCCCON(C)C. The molecule has 0 unspecified atom stereocenters. The largest absolute Gasteiger partial charge is 0.304 e. The maximum atomic E-state index is 5.31. The lowest BCUT2D eigenvalue weighted by Crippen LogP contribution is -2.24. The molecule has 0 aliphatic rings. The van der Waals surface area contributed by atoms with E-state index in [4.69, 9.17) is 4.84 Å². The second-order valence-corrected chi connectivity index (χ2v) is 3.38. The van der Waals surface area contributed by atoms with Crippen LogP contribution in [0.15, 0.2) is 0 Å². The van der Waals surface area contributed by atoms with E-state index in [1.54, 1.807) is 5.06 Å². The van der Waals surface area contributed by atoms with E-state index in [0.717, 1.165) is 26.1 Å². The molecule has 0 spiro atoms. The summed E-state index contributed by atoms with van der Waals surface area (Å²) in [6.45, 7) is 8.77. The van der Waals surface area contributed by atoms with Crippen LogP contribution in [0.3, 0.4) is 0 Å². The Morgan fingerprint density at radius 1 is 1.00 bits per heavy atom. The van der Waals surface area contributed by atoms with E-state index in [9.17, 15) is 0 Å². The minimum atomic E-state index is 0.842. The second-order valence-electron chi connectivity index (χ2n) is 3.38. The summed E-state index contributed by atoms with van der Waals surface area (Å²) in [6, 6.07) is 0. The van der Waals surface area contributed by atoms with Crippen molar-refractivity contribution < 1.29 is 4.84 Å². The Labute approximate surface area is 82.6 Å². The highest BCUT2D eigenvalue weighted by atomic mass is 16.7. The van der Waals surface area contributed by atoms with Crippen molar-refractivity contribution in [3.8, 4) is 0 Å². The van der Waals surface area contributed by atoms with Gasteiger partial charge in [-0.05, 0) is 32.5 Å². The van der Waals surface area contributed by atoms with E-state index in [2.05, 4.69) is 18.7 Å². The van der Waals surface area contributed by atoms with Gasteiger partial charge in [0.15, 0.2) is 0 Å². The maximum absolute atomic E-state index is 5.31. The van der Waals surface area contributed by atoms with Crippen LogP contribution in [0, 0.1) is 0 Å². The van der Waals surface area contributed by atoms with Gasteiger partial charge in [-0.2, -0.15) is 5.06 Å². The summed E-state index contributed by atoms with van der Waals surface area (Å²) in [5.41, 5.74) is 0. The topological polar surface area (TPSA) is 15.7 Å². The zero-order chi connectivity index (χ0) is 10.1. The van der Waals surface area contributed by atoms with Crippen LogP contribution >= 0.6 is 0 Å². The lowest BCUT2D eigenvalue weighted by molar-refractivity contribution is -0.120. The maximum Gasteiger partial charge on any atom is 0.0685 e. The van der Waals surface area contributed by atoms with Gasteiger partial charge in [-0.25, -0.2) is 0 Å². The first-order chi connectivity index (χ1) is 6.20. The summed E-state index contributed by atoms with van der Waals surface area (Å²) in [5, 5.41) is 1.76. The molecule has 0 amide bonds. The molecule has 0 atom stereocenters. The van der Waals surface area contributed by atoms with E-state index in [1.807, 2.05) is 14.1 Å².